The number of carbonyl (C=O) groups excluding carboxylic acids is 1. The number of nitrogens with zero attached hydrogens (tertiary/aromatic N) is 2. The smallest absolute Gasteiger partial charge is 0.257 e. The van der Waals surface area contributed by atoms with Gasteiger partial charge in [0.15, 0.2) is 0 Å². The number of rotatable bonds is 5. The molecule has 0 radical (unpaired) electrons. The molecule has 106 valence electrons. The van der Waals surface area contributed by atoms with Gasteiger partial charge in [-0.1, -0.05) is 19.1 Å². The van der Waals surface area contributed by atoms with Gasteiger partial charge in [-0.25, -0.2) is 4.98 Å². The Hall–Kier alpha value is -2.87. The fourth-order valence-electron chi connectivity index (χ4n) is 1.77. The van der Waals surface area contributed by atoms with E-state index in [0.717, 1.165) is 18.8 Å². The fourth-order valence-corrected chi connectivity index (χ4v) is 1.77. The van der Waals surface area contributed by atoms with Gasteiger partial charge in [-0.3, -0.25) is 4.79 Å². The number of hydrogen-bond donors (Lipinski definition) is 2. The first-order chi connectivity index (χ1) is 10.2. The molecule has 5 heteroatoms. The first-order valence-corrected chi connectivity index (χ1v) is 6.75. The van der Waals surface area contributed by atoms with Gasteiger partial charge < -0.3 is 10.6 Å². The van der Waals surface area contributed by atoms with E-state index in [4.69, 9.17) is 5.26 Å². The van der Waals surface area contributed by atoms with Crippen molar-refractivity contribution in [3.63, 3.8) is 0 Å². The number of nitriles is 1. The van der Waals surface area contributed by atoms with Gasteiger partial charge in [-0.05, 0) is 30.7 Å². The molecule has 5 nitrogen and oxygen atoms in total. The highest BCUT2D eigenvalue weighted by Gasteiger charge is 2.09. The molecule has 2 rings (SSSR count). The molecule has 1 aromatic heterocycles. The van der Waals surface area contributed by atoms with Crippen LogP contribution in [0.25, 0.3) is 0 Å². The maximum absolute atomic E-state index is 12.1. The Labute approximate surface area is 123 Å². The SMILES string of the molecule is CCCNc1ccc(C(=O)Nc2ccccc2C#N)cn1. The van der Waals surface area contributed by atoms with Crippen molar-refractivity contribution in [2.45, 2.75) is 13.3 Å². The van der Waals surface area contributed by atoms with Gasteiger partial charge in [0.25, 0.3) is 5.91 Å². The van der Waals surface area contributed by atoms with Gasteiger partial charge in [0.05, 0.1) is 16.8 Å². The summed E-state index contributed by atoms with van der Waals surface area (Å²) in [5, 5.41) is 14.9. The summed E-state index contributed by atoms with van der Waals surface area (Å²) in [6.07, 6.45) is 2.52. The van der Waals surface area contributed by atoms with Crippen LogP contribution in [0.4, 0.5) is 11.5 Å². The molecule has 0 aliphatic heterocycles. The van der Waals surface area contributed by atoms with Crippen LogP contribution >= 0.6 is 0 Å². The van der Waals surface area contributed by atoms with Gasteiger partial charge in [0.2, 0.25) is 0 Å². The minimum absolute atomic E-state index is 0.285. The van der Waals surface area contributed by atoms with E-state index < -0.39 is 0 Å². The number of benzene rings is 1. The van der Waals surface area contributed by atoms with Crippen LogP contribution in [0.2, 0.25) is 0 Å². The van der Waals surface area contributed by atoms with Crippen LogP contribution in [-0.2, 0) is 0 Å². The summed E-state index contributed by atoms with van der Waals surface area (Å²) in [6, 6.07) is 12.4. The number of carbonyl (C=O) groups is 1. The molecule has 1 aromatic carbocycles. The van der Waals surface area contributed by atoms with Crippen molar-refractivity contribution in [2.75, 3.05) is 17.2 Å². The molecule has 0 atom stereocenters. The van der Waals surface area contributed by atoms with Crippen molar-refractivity contribution in [3.8, 4) is 6.07 Å². The number of hydrogen-bond acceptors (Lipinski definition) is 4. The number of pyridine rings is 1. The summed E-state index contributed by atoms with van der Waals surface area (Å²) in [5.41, 5.74) is 1.38. The van der Waals surface area contributed by atoms with E-state index in [1.165, 1.54) is 6.20 Å². The first-order valence-electron chi connectivity index (χ1n) is 6.75. The Balaban J connectivity index is 2.08. The van der Waals surface area contributed by atoms with E-state index in [2.05, 4.69) is 22.5 Å². The molecular weight excluding hydrogens is 264 g/mol. The highest BCUT2D eigenvalue weighted by Crippen LogP contribution is 2.15. The van der Waals surface area contributed by atoms with Gasteiger partial charge in [-0.2, -0.15) is 5.26 Å². The topological polar surface area (TPSA) is 77.8 Å². The number of aromatic nitrogens is 1. The molecule has 1 amide bonds. The van der Waals surface area contributed by atoms with Crippen LogP contribution in [0.5, 0.6) is 0 Å². The summed E-state index contributed by atoms with van der Waals surface area (Å²) in [4.78, 5) is 16.3. The Bertz CT molecular complexity index is 659. The van der Waals surface area contributed by atoms with Crippen LogP contribution in [0.3, 0.4) is 0 Å². The van der Waals surface area contributed by atoms with Gasteiger partial charge in [-0.15, -0.1) is 0 Å². The van der Waals surface area contributed by atoms with E-state index in [0.29, 0.717) is 16.8 Å². The molecule has 21 heavy (non-hydrogen) atoms. The third-order valence-corrected chi connectivity index (χ3v) is 2.88. The summed E-state index contributed by atoms with van der Waals surface area (Å²) in [7, 11) is 0. The van der Waals surface area contributed by atoms with Crippen LogP contribution in [0.15, 0.2) is 42.6 Å². The molecule has 2 aromatic rings. The largest absolute Gasteiger partial charge is 0.370 e. The first kappa shape index (κ1) is 14.5. The summed E-state index contributed by atoms with van der Waals surface area (Å²) >= 11 is 0. The predicted molar refractivity (Wildman–Crippen MR) is 82.1 cm³/mol. The van der Waals surface area contributed by atoms with E-state index in [1.807, 2.05) is 6.07 Å². The summed E-state index contributed by atoms with van der Waals surface area (Å²) < 4.78 is 0. The average molecular weight is 280 g/mol. The van der Waals surface area contributed by atoms with Crippen molar-refractivity contribution in [1.29, 1.82) is 5.26 Å². The molecule has 1 heterocycles. The third-order valence-electron chi connectivity index (χ3n) is 2.88. The molecule has 0 aliphatic carbocycles. The molecule has 0 saturated heterocycles. The Kier molecular flexibility index (Phi) is 4.89. The zero-order chi connectivity index (χ0) is 15.1. The maximum Gasteiger partial charge on any atom is 0.257 e. The Morgan fingerprint density at radius 3 is 2.76 bits per heavy atom. The minimum atomic E-state index is -0.285. The molecular formula is C16H16N4O. The summed E-state index contributed by atoms with van der Waals surface area (Å²) in [5.74, 6) is 0.457. The van der Waals surface area contributed by atoms with Crippen molar-refractivity contribution in [2.24, 2.45) is 0 Å². The molecule has 0 unspecified atom stereocenters. The Morgan fingerprint density at radius 1 is 1.29 bits per heavy atom. The molecule has 0 saturated carbocycles. The van der Waals surface area contributed by atoms with E-state index in [-0.39, 0.29) is 5.91 Å². The van der Waals surface area contributed by atoms with Gasteiger partial charge in [0.1, 0.15) is 11.9 Å². The molecule has 0 fully saturated rings. The molecule has 0 spiro atoms. The van der Waals surface area contributed by atoms with E-state index >= 15 is 0 Å². The van der Waals surface area contributed by atoms with Crippen LogP contribution in [0, 0.1) is 11.3 Å². The lowest BCUT2D eigenvalue weighted by molar-refractivity contribution is 0.102. The van der Waals surface area contributed by atoms with Crippen LogP contribution in [-0.4, -0.2) is 17.4 Å². The summed E-state index contributed by atoms with van der Waals surface area (Å²) in [6.45, 7) is 2.91. The lowest BCUT2D eigenvalue weighted by atomic mass is 10.2. The lowest BCUT2D eigenvalue weighted by Crippen LogP contribution is -2.13. The third kappa shape index (κ3) is 3.80. The molecule has 0 bridgehead atoms. The van der Waals surface area contributed by atoms with E-state index in [1.54, 1.807) is 36.4 Å². The van der Waals surface area contributed by atoms with Crippen molar-refractivity contribution >= 4 is 17.4 Å². The second-order valence-corrected chi connectivity index (χ2v) is 4.47. The highest BCUT2D eigenvalue weighted by atomic mass is 16.1. The number of nitrogens with one attached hydrogen (secondary N) is 2. The van der Waals surface area contributed by atoms with Crippen LogP contribution < -0.4 is 10.6 Å². The second kappa shape index (κ2) is 7.06. The van der Waals surface area contributed by atoms with Crippen molar-refractivity contribution < 1.29 is 4.79 Å². The van der Waals surface area contributed by atoms with E-state index in [9.17, 15) is 4.79 Å². The van der Waals surface area contributed by atoms with Gasteiger partial charge in [0, 0.05) is 12.7 Å². The molecule has 0 aliphatic rings. The zero-order valence-electron chi connectivity index (χ0n) is 11.8. The van der Waals surface area contributed by atoms with Crippen LogP contribution in [0.1, 0.15) is 29.3 Å². The quantitative estimate of drug-likeness (QED) is 0.882. The van der Waals surface area contributed by atoms with Crippen molar-refractivity contribution in [3.05, 3.63) is 53.7 Å². The predicted octanol–water partition coefficient (Wildman–Crippen LogP) is 3.03. The number of amides is 1. The monoisotopic (exact) mass is 280 g/mol. The average Bonchev–Trinajstić information content (AvgIpc) is 2.54. The maximum atomic E-state index is 12.1. The highest BCUT2D eigenvalue weighted by molar-refractivity contribution is 6.04. The number of anilines is 2. The van der Waals surface area contributed by atoms with Gasteiger partial charge >= 0.3 is 0 Å². The second-order valence-electron chi connectivity index (χ2n) is 4.47. The zero-order valence-corrected chi connectivity index (χ0v) is 11.8. The molecule has 2 N–H and O–H groups in total. The normalized spacial score (nSPS) is 9.71. The Morgan fingerprint density at radius 2 is 2.10 bits per heavy atom. The standard InChI is InChI=1S/C16H16N4O/c1-2-9-18-15-8-7-13(11-19-15)16(21)20-14-6-4-3-5-12(14)10-17/h3-8,11H,2,9H2,1H3,(H,18,19)(H,20,21). The number of para-hydroxylation sites is 1. The lowest BCUT2D eigenvalue weighted by Gasteiger charge is -2.07. The fraction of sp³-hybridized carbons (Fsp3) is 0.188. The van der Waals surface area contributed by atoms with Crippen molar-refractivity contribution in [1.82, 2.24) is 4.98 Å². The minimum Gasteiger partial charge on any atom is -0.370 e.